The Morgan fingerprint density at radius 3 is 2.69 bits per heavy atom. The molecule has 1 aliphatic carbocycles. The summed E-state index contributed by atoms with van der Waals surface area (Å²) in [5.74, 6) is 0.758. The number of amides is 1. The molecule has 2 rings (SSSR count). The SMILES string of the molecule is CC[C@@H](Oc1ccccc1)C(=O)NC1CC1. The number of rotatable bonds is 5. The zero-order valence-corrected chi connectivity index (χ0v) is 9.48. The highest BCUT2D eigenvalue weighted by Crippen LogP contribution is 2.19. The molecule has 0 bridgehead atoms. The molecule has 1 aromatic rings. The van der Waals surface area contributed by atoms with Crippen LogP contribution in [0.3, 0.4) is 0 Å². The van der Waals surface area contributed by atoms with Crippen molar-refractivity contribution in [2.24, 2.45) is 0 Å². The Morgan fingerprint density at radius 1 is 1.44 bits per heavy atom. The Kier molecular flexibility index (Phi) is 3.44. The van der Waals surface area contributed by atoms with Crippen LogP contribution in [0.1, 0.15) is 26.2 Å². The maximum absolute atomic E-state index is 11.8. The smallest absolute Gasteiger partial charge is 0.261 e. The van der Waals surface area contributed by atoms with Gasteiger partial charge in [0.05, 0.1) is 0 Å². The first-order valence-corrected chi connectivity index (χ1v) is 5.81. The molecule has 1 aromatic carbocycles. The summed E-state index contributed by atoms with van der Waals surface area (Å²) in [6.07, 6.45) is 2.53. The van der Waals surface area contributed by atoms with Crippen LogP contribution in [0.25, 0.3) is 0 Å². The second-order valence-corrected chi connectivity index (χ2v) is 4.11. The molecule has 0 spiro atoms. The fourth-order valence-electron chi connectivity index (χ4n) is 1.51. The third-order valence-corrected chi connectivity index (χ3v) is 2.61. The Labute approximate surface area is 95.8 Å². The van der Waals surface area contributed by atoms with Crippen molar-refractivity contribution >= 4 is 5.91 Å². The molecule has 0 heterocycles. The van der Waals surface area contributed by atoms with Crippen molar-refractivity contribution in [1.82, 2.24) is 5.32 Å². The average molecular weight is 219 g/mol. The van der Waals surface area contributed by atoms with Crippen molar-refractivity contribution in [3.8, 4) is 5.75 Å². The van der Waals surface area contributed by atoms with Crippen molar-refractivity contribution in [3.05, 3.63) is 30.3 Å². The molecule has 1 fully saturated rings. The van der Waals surface area contributed by atoms with Crippen LogP contribution < -0.4 is 10.1 Å². The van der Waals surface area contributed by atoms with Crippen LogP contribution in [0.5, 0.6) is 5.75 Å². The minimum absolute atomic E-state index is 0.00820. The van der Waals surface area contributed by atoms with Crippen LogP contribution in [-0.2, 0) is 4.79 Å². The van der Waals surface area contributed by atoms with Gasteiger partial charge >= 0.3 is 0 Å². The molecule has 0 radical (unpaired) electrons. The van der Waals surface area contributed by atoms with Crippen LogP contribution in [0.4, 0.5) is 0 Å². The maximum atomic E-state index is 11.8. The zero-order chi connectivity index (χ0) is 11.4. The number of para-hydroxylation sites is 1. The largest absolute Gasteiger partial charge is 0.481 e. The molecule has 0 aromatic heterocycles. The average Bonchev–Trinajstić information content (AvgIpc) is 3.11. The monoisotopic (exact) mass is 219 g/mol. The predicted molar refractivity (Wildman–Crippen MR) is 62.3 cm³/mol. The molecule has 0 aliphatic heterocycles. The molecule has 3 heteroatoms. The summed E-state index contributed by atoms with van der Waals surface area (Å²) in [6, 6.07) is 9.86. The van der Waals surface area contributed by atoms with E-state index in [2.05, 4.69) is 5.32 Å². The Morgan fingerprint density at radius 2 is 2.12 bits per heavy atom. The Hall–Kier alpha value is -1.51. The zero-order valence-electron chi connectivity index (χ0n) is 9.48. The summed E-state index contributed by atoms with van der Waals surface area (Å²) in [5.41, 5.74) is 0. The lowest BCUT2D eigenvalue weighted by atomic mass is 10.2. The highest BCUT2D eigenvalue weighted by atomic mass is 16.5. The summed E-state index contributed by atoms with van der Waals surface area (Å²) in [5, 5.41) is 2.96. The van der Waals surface area contributed by atoms with Gasteiger partial charge in [0.15, 0.2) is 6.10 Å². The highest BCUT2D eigenvalue weighted by Gasteiger charge is 2.27. The van der Waals surface area contributed by atoms with Crippen molar-refractivity contribution in [1.29, 1.82) is 0 Å². The van der Waals surface area contributed by atoms with Gasteiger partial charge in [-0.05, 0) is 31.4 Å². The van der Waals surface area contributed by atoms with Gasteiger partial charge in [0, 0.05) is 6.04 Å². The third-order valence-electron chi connectivity index (χ3n) is 2.61. The predicted octanol–water partition coefficient (Wildman–Crippen LogP) is 2.12. The first-order chi connectivity index (χ1) is 7.79. The molecule has 3 nitrogen and oxygen atoms in total. The standard InChI is InChI=1S/C13H17NO2/c1-2-12(13(15)14-10-8-9-10)16-11-6-4-3-5-7-11/h3-7,10,12H,2,8-9H2,1H3,(H,14,15)/t12-/m1/s1. The van der Waals surface area contributed by atoms with Crippen molar-refractivity contribution in [3.63, 3.8) is 0 Å². The van der Waals surface area contributed by atoms with E-state index in [9.17, 15) is 4.79 Å². The summed E-state index contributed by atoms with van der Waals surface area (Å²) in [6.45, 7) is 1.96. The number of nitrogens with one attached hydrogen (secondary N) is 1. The molecule has 16 heavy (non-hydrogen) atoms. The van der Waals surface area contributed by atoms with Crippen LogP contribution in [0, 0.1) is 0 Å². The molecule has 0 saturated heterocycles. The number of hydrogen-bond acceptors (Lipinski definition) is 2. The fraction of sp³-hybridized carbons (Fsp3) is 0.462. The molecule has 86 valence electrons. The number of carbonyl (C=O) groups excluding carboxylic acids is 1. The van der Waals surface area contributed by atoms with Gasteiger partial charge in [-0.25, -0.2) is 0 Å². The summed E-state index contributed by atoms with van der Waals surface area (Å²) >= 11 is 0. The van der Waals surface area contributed by atoms with Gasteiger partial charge in [-0.2, -0.15) is 0 Å². The minimum atomic E-state index is -0.372. The van der Waals surface area contributed by atoms with Crippen molar-refractivity contribution in [2.45, 2.75) is 38.3 Å². The highest BCUT2D eigenvalue weighted by molar-refractivity contribution is 5.81. The van der Waals surface area contributed by atoms with E-state index in [-0.39, 0.29) is 12.0 Å². The summed E-state index contributed by atoms with van der Waals surface area (Å²) < 4.78 is 5.64. The number of benzene rings is 1. The summed E-state index contributed by atoms with van der Waals surface area (Å²) in [7, 11) is 0. The lowest BCUT2D eigenvalue weighted by molar-refractivity contribution is -0.128. The fourth-order valence-corrected chi connectivity index (χ4v) is 1.51. The molecule has 1 saturated carbocycles. The molecule has 1 aliphatic rings. The van der Waals surface area contributed by atoms with Crippen LogP contribution >= 0.6 is 0 Å². The van der Waals surface area contributed by atoms with Gasteiger partial charge in [-0.15, -0.1) is 0 Å². The summed E-state index contributed by atoms with van der Waals surface area (Å²) in [4.78, 5) is 11.8. The van der Waals surface area contributed by atoms with Gasteiger partial charge in [0.1, 0.15) is 5.75 Å². The first kappa shape index (κ1) is 11.0. The van der Waals surface area contributed by atoms with E-state index in [1.807, 2.05) is 37.3 Å². The topological polar surface area (TPSA) is 38.3 Å². The van der Waals surface area contributed by atoms with E-state index in [0.717, 1.165) is 18.6 Å². The van der Waals surface area contributed by atoms with E-state index >= 15 is 0 Å². The van der Waals surface area contributed by atoms with Crippen LogP contribution in [-0.4, -0.2) is 18.1 Å². The maximum Gasteiger partial charge on any atom is 0.261 e. The first-order valence-electron chi connectivity index (χ1n) is 5.81. The Bertz CT molecular complexity index is 346. The minimum Gasteiger partial charge on any atom is -0.481 e. The van der Waals surface area contributed by atoms with Crippen LogP contribution in [0.15, 0.2) is 30.3 Å². The van der Waals surface area contributed by atoms with Gasteiger partial charge in [0.2, 0.25) is 0 Å². The van der Waals surface area contributed by atoms with Gasteiger partial charge < -0.3 is 10.1 Å². The van der Waals surface area contributed by atoms with E-state index in [1.165, 1.54) is 0 Å². The molecular formula is C13H17NO2. The lowest BCUT2D eigenvalue weighted by Crippen LogP contribution is -2.39. The number of ether oxygens (including phenoxy) is 1. The van der Waals surface area contributed by atoms with E-state index in [1.54, 1.807) is 0 Å². The lowest BCUT2D eigenvalue weighted by Gasteiger charge is -2.16. The molecule has 1 N–H and O–H groups in total. The van der Waals surface area contributed by atoms with Gasteiger partial charge in [0.25, 0.3) is 5.91 Å². The van der Waals surface area contributed by atoms with Gasteiger partial charge in [-0.1, -0.05) is 25.1 Å². The second-order valence-electron chi connectivity index (χ2n) is 4.11. The quantitative estimate of drug-likeness (QED) is 0.823. The third kappa shape index (κ3) is 2.99. The molecular weight excluding hydrogens is 202 g/mol. The number of hydrogen-bond donors (Lipinski definition) is 1. The second kappa shape index (κ2) is 5.01. The van der Waals surface area contributed by atoms with Crippen molar-refractivity contribution in [2.75, 3.05) is 0 Å². The normalized spacial score (nSPS) is 16.6. The van der Waals surface area contributed by atoms with E-state index in [0.29, 0.717) is 12.5 Å². The van der Waals surface area contributed by atoms with Crippen molar-refractivity contribution < 1.29 is 9.53 Å². The van der Waals surface area contributed by atoms with E-state index < -0.39 is 0 Å². The Balaban J connectivity index is 1.91. The van der Waals surface area contributed by atoms with Gasteiger partial charge in [-0.3, -0.25) is 4.79 Å². The van der Waals surface area contributed by atoms with Crippen LogP contribution in [0.2, 0.25) is 0 Å². The molecule has 1 amide bonds. The number of carbonyl (C=O) groups is 1. The molecule has 0 unspecified atom stereocenters. The molecule has 1 atom stereocenters. The van der Waals surface area contributed by atoms with E-state index in [4.69, 9.17) is 4.74 Å².